The number of halogens is 1. The van der Waals surface area contributed by atoms with E-state index >= 15 is 0 Å². The van der Waals surface area contributed by atoms with Crippen molar-refractivity contribution < 1.29 is 4.79 Å². The lowest BCUT2D eigenvalue weighted by Crippen LogP contribution is -2.27. The van der Waals surface area contributed by atoms with E-state index in [2.05, 4.69) is 26.1 Å². The summed E-state index contributed by atoms with van der Waals surface area (Å²) in [5.74, 6) is -0.0267. The van der Waals surface area contributed by atoms with Crippen molar-refractivity contribution in [3.8, 4) is 0 Å². The van der Waals surface area contributed by atoms with Crippen LogP contribution in [0.2, 0.25) is 5.02 Å². The van der Waals surface area contributed by atoms with E-state index < -0.39 is 0 Å². The van der Waals surface area contributed by atoms with Crippen molar-refractivity contribution in [2.75, 3.05) is 5.32 Å². The molecule has 1 heterocycles. The van der Waals surface area contributed by atoms with Gasteiger partial charge in [-0.2, -0.15) is 0 Å². The highest BCUT2D eigenvalue weighted by Crippen LogP contribution is 2.47. The molecule has 1 amide bonds. The topological polar surface area (TPSA) is 29.1 Å². The zero-order valence-corrected chi connectivity index (χ0v) is 10.6. The fourth-order valence-corrected chi connectivity index (χ4v) is 2.46. The van der Waals surface area contributed by atoms with Crippen molar-refractivity contribution >= 4 is 23.2 Å². The summed E-state index contributed by atoms with van der Waals surface area (Å²) in [5, 5.41) is 3.51. The molecule has 1 aliphatic heterocycles. The molecule has 0 bridgehead atoms. The van der Waals surface area contributed by atoms with Gasteiger partial charge < -0.3 is 5.32 Å². The maximum Gasteiger partial charge on any atom is 0.232 e. The van der Waals surface area contributed by atoms with Gasteiger partial charge in [0, 0.05) is 0 Å². The second-order valence-corrected chi connectivity index (χ2v) is 5.38. The van der Waals surface area contributed by atoms with Crippen LogP contribution >= 0.6 is 11.6 Å². The normalized spacial score (nSPS) is 19.5. The summed E-state index contributed by atoms with van der Waals surface area (Å²) in [6.07, 6.45) is 0.955. The predicted octanol–water partition coefficient (Wildman–Crippen LogP) is 3.81. The third-order valence-electron chi connectivity index (χ3n) is 3.56. The van der Waals surface area contributed by atoms with Crippen molar-refractivity contribution in [1.82, 2.24) is 0 Å². The molecule has 16 heavy (non-hydrogen) atoms. The van der Waals surface area contributed by atoms with Gasteiger partial charge in [-0.05, 0) is 23.5 Å². The van der Waals surface area contributed by atoms with E-state index in [-0.39, 0.29) is 17.2 Å². The summed E-state index contributed by atoms with van der Waals surface area (Å²) in [7, 11) is 0. The molecule has 1 N–H and O–H groups in total. The van der Waals surface area contributed by atoms with E-state index in [0.29, 0.717) is 5.02 Å². The summed E-state index contributed by atoms with van der Waals surface area (Å²) >= 11 is 6.08. The molecule has 0 aromatic heterocycles. The molecule has 0 radical (unpaired) electrons. The molecule has 2 rings (SSSR count). The van der Waals surface area contributed by atoms with Crippen molar-refractivity contribution in [3.63, 3.8) is 0 Å². The van der Waals surface area contributed by atoms with E-state index in [0.717, 1.165) is 17.7 Å². The number of nitrogens with one attached hydrogen (secondary N) is 1. The summed E-state index contributed by atoms with van der Waals surface area (Å²) in [4.78, 5) is 12.0. The van der Waals surface area contributed by atoms with Crippen molar-refractivity contribution in [1.29, 1.82) is 0 Å². The Morgan fingerprint density at radius 2 is 2.12 bits per heavy atom. The van der Waals surface area contributed by atoms with Crippen LogP contribution in [-0.4, -0.2) is 5.91 Å². The molecular weight excluding hydrogens is 222 g/mol. The second-order valence-electron chi connectivity index (χ2n) is 4.97. The van der Waals surface area contributed by atoms with Gasteiger partial charge in [0.1, 0.15) is 0 Å². The largest absolute Gasteiger partial charge is 0.324 e. The minimum Gasteiger partial charge on any atom is -0.324 e. The first-order valence-corrected chi connectivity index (χ1v) is 5.94. The van der Waals surface area contributed by atoms with Crippen LogP contribution in [-0.2, 0) is 4.79 Å². The summed E-state index contributed by atoms with van der Waals surface area (Å²) in [5.41, 5.74) is 1.78. The van der Waals surface area contributed by atoms with Crippen LogP contribution in [0, 0.1) is 5.41 Å². The monoisotopic (exact) mass is 237 g/mol. The van der Waals surface area contributed by atoms with Crippen molar-refractivity contribution in [2.45, 2.75) is 33.1 Å². The number of amides is 1. The molecule has 1 aliphatic rings. The Kier molecular flexibility index (Phi) is 2.70. The summed E-state index contributed by atoms with van der Waals surface area (Å²) < 4.78 is 0. The minimum absolute atomic E-state index is 0.0417. The van der Waals surface area contributed by atoms with Gasteiger partial charge in [0.25, 0.3) is 0 Å². The van der Waals surface area contributed by atoms with Gasteiger partial charge >= 0.3 is 0 Å². The molecular formula is C13H16ClNO. The van der Waals surface area contributed by atoms with Gasteiger partial charge in [-0.25, -0.2) is 0 Å². The van der Waals surface area contributed by atoms with Crippen LogP contribution in [0.3, 0.4) is 0 Å². The van der Waals surface area contributed by atoms with Crippen molar-refractivity contribution in [2.24, 2.45) is 5.41 Å². The second kappa shape index (κ2) is 3.77. The first-order chi connectivity index (χ1) is 7.47. The Balaban J connectivity index is 2.53. The minimum atomic E-state index is -0.0915. The Morgan fingerprint density at radius 1 is 1.44 bits per heavy atom. The third kappa shape index (κ3) is 1.61. The molecule has 0 aliphatic carbocycles. The lowest BCUT2D eigenvalue weighted by Gasteiger charge is -2.28. The SMILES string of the molecule is CCC(C)(C)C1C(=O)Nc2c(Cl)cccc21. The molecule has 1 aromatic carbocycles. The molecule has 2 nitrogen and oxygen atoms in total. The molecule has 1 unspecified atom stereocenters. The number of carbonyl (C=O) groups excluding carboxylic acids is 1. The molecule has 86 valence electrons. The van der Waals surface area contributed by atoms with Crippen LogP contribution in [0.1, 0.15) is 38.7 Å². The Labute approximate surface area is 101 Å². The number of hydrogen-bond donors (Lipinski definition) is 1. The Morgan fingerprint density at radius 3 is 2.75 bits per heavy atom. The van der Waals surface area contributed by atoms with Crippen LogP contribution in [0.15, 0.2) is 18.2 Å². The van der Waals surface area contributed by atoms with E-state index in [1.54, 1.807) is 0 Å². The molecule has 0 saturated heterocycles. The van der Waals surface area contributed by atoms with Gasteiger partial charge in [0.05, 0.1) is 16.6 Å². The van der Waals surface area contributed by atoms with Gasteiger partial charge in [-0.1, -0.05) is 44.5 Å². The molecule has 0 fully saturated rings. The van der Waals surface area contributed by atoms with E-state index in [1.165, 1.54) is 0 Å². The fourth-order valence-electron chi connectivity index (χ4n) is 2.23. The third-order valence-corrected chi connectivity index (χ3v) is 3.87. The van der Waals surface area contributed by atoms with Gasteiger partial charge in [0.2, 0.25) is 5.91 Å². The van der Waals surface area contributed by atoms with E-state index in [4.69, 9.17) is 11.6 Å². The smallest absolute Gasteiger partial charge is 0.232 e. The fraction of sp³-hybridized carbons (Fsp3) is 0.462. The van der Waals surface area contributed by atoms with Crippen LogP contribution in [0.25, 0.3) is 0 Å². The first-order valence-electron chi connectivity index (χ1n) is 5.56. The molecule has 0 spiro atoms. The zero-order valence-electron chi connectivity index (χ0n) is 9.80. The van der Waals surface area contributed by atoms with Gasteiger partial charge in [0.15, 0.2) is 0 Å². The molecule has 3 heteroatoms. The lowest BCUT2D eigenvalue weighted by molar-refractivity contribution is -0.119. The number of carbonyl (C=O) groups is 1. The molecule has 1 atom stereocenters. The molecule has 1 aromatic rings. The van der Waals surface area contributed by atoms with Crippen LogP contribution in [0.5, 0.6) is 0 Å². The van der Waals surface area contributed by atoms with Crippen LogP contribution in [0.4, 0.5) is 5.69 Å². The highest BCUT2D eigenvalue weighted by molar-refractivity contribution is 6.34. The standard InChI is InChI=1S/C13H16ClNO/c1-4-13(2,3)10-8-6-5-7-9(14)11(8)15-12(10)16/h5-7,10H,4H2,1-3H3,(H,15,16). The Hall–Kier alpha value is -1.02. The number of hydrogen-bond acceptors (Lipinski definition) is 1. The Bertz CT molecular complexity index is 440. The average Bonchev–Trinajstić information content (AvgIpc) is 2.57. The number of benzene rings is 1. The van der Waals surface area contributed by atoms with E-state index in [9.17, 15) is 4.79 Å². The lowest BCUT2D eigenvalue weighted by atomic mass is 9.74. The van der Waals surface area contributed by atoms with Gasteiger partial charge in [-0.15, -0.1) is 0 Å². The van der Waals surface area contributed by atoms with Crippen LogP contribution < -0.4 is 5.32 Å². The first kappa shape index (κ1) is 11.5. The summed E-state index contributed by atoms with van der Waals surface area (Å²) in [6, 6.07) is 5.70. The quantitative estimate of drug-likeness (QED) is 0.833. The zero-order chi connectivity index (χ0) is 11.9. The maximum absolute atomic E-state index is 12.0. The van der Waals surface area contributed by atoms with E-state index in [1.807, 2.05) is 18.2 Å². The average molecular weight is 238 g/mol. The number of para-hydroxylation sites is 1. The maximum atomic E-state index is 12.0. The van der Waals surface area contributed by atoms with Crippen molar-refractivity contribution in [3.05, 3.63) is 28.8 Å². The highest BCUT2D eigenvalue weighted by atomic mass is 35.5. The highest BCUT2D eigenvalue weighted by Gasteiger charge is 2.41. The predicted molar refractivity (Wildman–Crippen MR) is 66.9 cm³/mol. The molecule has 0 saturated carbocycles. The number of rotatable bonds is 2. The van der Waals surface area contributed by atoms with Gasteiger partial charge in [-0.3, -0.25) is 4.79 Å². The number of fused-ring (bicyclic) bond motifs is 1. The summed E-state index contributed by atoms with van der Waals surface area (Å²) in [6.45, 7) is 6.34. The number of anilines is 1.